The Morgan fingerprint density at radius 3 is 2.96 bits per heavy atom. The highest BCUT2D eigenvalue weighted by atomic mass is 32.2. The SMILES string of the molecule is Cn1ncc2c1NC(=O)CS[C@@H]2c1cccc(Oc2ncccn2)c1. The molecular formula is C17H15N5O2S. The fourth-order valence-electron chi connectivity index (χ4n) is 2.68. The quantitative estimate of drug-likeness (QED) is 0.780. The first-order valence-electron chi connectivity index (χ1n) is 7.69. The van der Waals surface area contributed by atoms with Crippen molar-refractivity contribution in [2.75, 3.05) is 11.1 Å². The highest BCUT2D eigenvalue weighted by molar-refractivity contribution is 8.00. The molecular weight excluding hydrogens is 338 g/mol. The highest BCUT2D eigenvalue weighted by Gasteiger charge is 2.27. The number of anilines is 1. The van der Waals surface area contributed by atoms with E-state index in [1.54, 1.807) is 41.1 Å². The van der Waals surface area contributed by atoms with Crippen LogP contribution in [0, 0.1) is 0 Å². The number of nitrogens with zero attached hydrogens (tertiary/aromatic N) is 4. The van der Waals surface area contributed by atoms with Gasteiger partial charge in [-0.1, -0.05) is 12.1 Å². The molecule has 1 aliphatic heterocycles. The summed E-state index contributed by atoms with van der Waals surface area (Å²) in [4.78, 5) is 20.1. The van der Waals surface area contributed by atoms with Crippen molar-refractivity contribution >= 4 is 23.5 Å². The molecule has 2 aromatic heterocycles. The summed E-state index contributed by atoms with van der Waals surface area (Å²) < 4.78 is 7.41. The molecule has 0 aliphatic carbocycles. The number of benzene rings is 1. The molecule has 1 aromatic carbocycles. The van der Waals surface area contributed by atoms with Crippen LogP contribution in [0.1, 0.15) is 16.4 Å². The first-order valence-corrected chi connectivity index (χ1v) is 8.74. The van der Waals surface area contributed by atoms with Crippen molar-refractivity contribution in [1.82, 2.24) is 19.7 Å². The first kappa shape index (κ1) is 15.6. The van der Waals surface area contributed by atoms with Gasteiger partial charge in [-0.2, -0.15) is 5.10 Å². The van der Waals surface area contributed by atoms with E-state index in [1.807, 2.05) is 31.3 Å². The lowest BCUT2D eigenvalue weighted by atomic mass is 10.1. The van der Waals surface area contributed by atoms with Crippen LogP contribution in [0.25, 0.3) is 0 Å². The largest absolute Gasteiger partial charge is 0.424 e. The van der Waals surface area contributed by atoms with Crippen LogP contribution >= 0.6 is 11.8 Å². The second-order valence-electron chi connectivity index (χ2n) is 5.52. The molecule has 25 heavy (non-hydrogen) atoms. The molecule has 126 valence electrons. The molecule has 0 saturated carbocycles. The van der Waals surface area contributed by atoms with Gasteiger partial charge in [0.05, 0.1) is 17.2 Å². The molecule has 3 aromatic rings. The number of ether oxygens (including phenoxy) is 1. The summed E-state index contributed by atoms with van der Waals surface area (Å²) in [5.74, 6) is 1.74. The summed E-state index contributed by atoms with van der Waals surface area (Å²) in [5.41, 5.74) is 2.01. The van der Waals surface area contributed by atoms with Crippen molar-refractivity contribution in [3.05, 3.63) is 60.0 Å². The summed E-state index contributed by atoms with van der Waals surface area (Å²) in [6.45, 7) is 0. The van der Waals surface area contributed by atoms with Gasteiger partial charge in [0.1, 0.15) is 11.6 Å². The van der Waals surface area contributed by atoms with E-state index in [2.05, 4.69) is 20.4 Å². The Labute approximate surface area is 148 Å². The van der Waals surface area contributed by atoms with Crippen LogP contribution in [-0.4, -0.2) is 31.4 Å². The van der Waals surface area contributed by atoms with E-state index in [0.29, 0.717) is 17.5 Å². The predicted molar refractivity (Wildman–Crippen MR) is 94.7 cm³/mol. The molecule has 1 N–H and O–H groups in total. The second-order valence-corrected chi connectivity index (χ2v) is 6.61. The van der Waals surface area contributed by atoms with Crippen LogP contribution < -0.4 is 10.1 Å². The third kappa shape index (κ3) is 3.20. The lowest BCUT2D eigenvalue weighted by Gasteiger charge is -2.15. The number of aromatic nitrogens is 4. The van der Waals surface area contributed by atoms with Crippen molar-refractivity contribution in [2.45, 2.75) is 5.25 Å². The summed E-state index contributed by atoms with van der Waals surface area (Å²) in [5, 5.41) is 7.18. The number of fused-ring (bicyclic) bond motifs is 1. The summed E-state index contributed by atoms with van der Waals surface area (Å²) >= 11 is 1.56. The van der Waals surface area contributed by atoms with Gasteiger partial charge in [-0.15, -0.1) is 11.8 Å². The van der Waals surface area contributed by atoms with Crippen LogP contribution in [0.2, 0.25) is 0 Å². The van der Waals surface area contributed by atoms with E-state index in [-0.39, 0.29) is 11.2 Å². The lowest BCUT2D eigenvalue weighted by molar-refractivity contribution is -0.113. The maximum atomic E-state index is 12.0. The molecule has 7 nitrogen and oxygen atoms in total. The van der Waals surface area contributed by atoms with Gasteiger partial charge in [0.25, 0.3) is 0 Å². The van der Waals surface area contributed by atoms with Gasteiger partial charge in [-0.3, -0.25) is 9.48 Å². The Morgan fingerprint density at radius 1 is 1.28 bits per heavy atom. The van der Waals surface area contributed by atoms with Crippen molar-refractivity contribution in [3.63, 3.8) is 0 Å². The fraction of sp³-hybridized carbons (Fsp3) is 0.176. The Bertz CT molecular complexity index is 912. The monoisotopic (exact) mass is 353 g/mol. The maximum Gasteiger partial charge on any atom is 0.321 e. The molecule has 4 rings (SSSR count). The molecule has 0 unspecified atom stereocenters. The Hall–Kier alpha value is -2.87. The maximum absolute atomic E-state index is 12.0. The zero-order valence-electron chi connectivity index (χ0n) is 13.4. The van der Waals surface area contributed by atoms with E-state index in [1.165, 1.54) is 0 Å². The van der Waals surface area contributed by atoms with E-state index in [4.69, 9.17) is 4.74 Å². The topological polar surface area (TPSA) is 81.9 Å². The molecule has 0 fully saturated rings. The Balaban J connectivity index is 1.68. The molecule has 3 heterocycles. The molecule has 0 bridgehead atoms. The van der Waals surface area contributed by atoms with Gasteiger partial charge in [0.2, 0.25) is 5.91 Å². The van der Waals surface area contributed by atoms with Crippen molar-refractivity contribution in [1.29, 1.82) is 0 Å². The van der Waals surface area contributed by atoms with Crippen LogP contribution in [0.15, 0.2) is 48.9 Å². The molecule has 1 atom stereocenters. The van der Waals surface area contributed by atoms with Crippen LogP contribution in [0.3, 0.4) is 0 Å². The minimum Gasteiger partial charge on any atom is -0.424 e. The minimum absolute atomic E-state index is 0.0112. The van der Waals surface area contributed by atoms with Gasteiger partial charge >= 0.3 is 6.01 Å². The number of carbonyl (C=O) groups is 1. The summed E-state index contributed by atoms with van der Waals surface area (Å²) in [6.07, 6.45) is 5.06. The minimum atomic E-state index is -0.0255. The van der Waals surface area contributed by atoms with Crippen molar-refractivity contribution < 1.29 is 9.53 Å². The van der Waals surface area contributed by atoms with Gasteiger partial charge < -0.3 is 10.1 Å². The zero-order chi connectivity index (χ0) is 17.2. The Morgan fingerprint density at radius 2 is 2.12 bits per heavy atom. The predicted octanol–water partition coefficient (Wildman–Crippen LogP) is 2.78. The van der Waals surface area contributed by atoms with Crippen molar-refractivity contribution in [2.24, 2.45) is 7.05 Å². The van der Waals surface area contributed by atoms with Gasteiger partial charge in [0.15, 0.2) is 0 Å². The van der Waals surface area contributed by atoms with Gasteiger partial charge in [-0.05, 0) is 23.8 Å². The second kappa shape index (κ2) is 6.56. The average molecular weight is 353 g/mol. The molecule has 1 amide bonds. The number of hydrogen-bond acceptors (Lipinski definition) is 6. The number of nitrogens with one attached hydrogen (secondary N) is 1. The van der Waals surface area contributed by atoms with Crippen molar-refractivity contribution in [3.8, 4) is 11.8 Å². The summed E-state index contributed by atoms with van der Waals surface area (Å²) in [6, 6.07) is 9.77. The lowest BCUT2D eigenvalue weighted by Crippen LogP contribution is -2.15. The number of aryl methyl sites for hydroxylation is 1. The third-order valence-electron chi connectivity index (χ3n) is 3.80. The van der Waals surface area contributed by atoms with Gasteiger partial charge in [0, 0.05) is 25.0 Å². The normalized spacial score (nSPS) is 16.7. The van der Waals surface area contributed by atoms with E-state index < -0.39 is 0 Å². The number of amides is 1. The molecule has 0 saturated heterocycles. The van der Waals surface area contributed by atoms with Gasteiger partial charge in [-0.25, -0.2) is 9.97 Å². The first-order chi connectivity index (χ1) is 12.2. The van der Waals surface area contributed by atoms with E-state index in [0.717, 1.165) is 16.9 Å². The summed E-state index contributed by atoms with van der Waals surface area (Å²) in [7, 11) is 1.82. The number of thioether (sulfide) groups is 1. The third-order valence-corrected chi connectivity index (χ3v) is 5.09. The smallest absolute Gasteiger partial charge is 0.321 e. The molecule has 8 heteroatoms. The van der Waals surface area contributed by atoms with Crippen LogP contribution in [0.5, 0.6) is 11.8 Å². The Kier molecular flexibility index (Phi) is 4.10. The number of hydrogen-bond donors (Lipinski definition) is 1. The zero-order valence-corrected chi connectivity index (χ0v) is 14.2. The van der Waals surface area contributed by atoms with Crippen LogP contribution in [0.4, 0.5) is 5.82 Å². The standard InChI is InChI=1S/C17H15N5O2S/c1-22-16-13(9-20-22)15(25-10-14(23)21-16)11-4-2-5-12(8-11)24-17-18-6-3-7-19-17/h2-9,15H,10H2,1H3,(H,21,23)/t15-/m1/s1. The molecule has 0 spiro atoms. The van der Waals surface area contributed by atoms with Crippen LogP contribution in [-0.2, 0) is 11.8 Å². The average Bonchev–Trinajstić information content (AvgIpc) is 2.88. The molecule has 0 radical (unpaired) electrons. The number of carbonyl (C=O) groups excluding carboxylic acids is 1. The fourth-order valence-corrected chi connectivity index (χ4v) is 3.76. The van der Waals surface area contributed by atoms with E-state index >= 15 is 0 Å². The van der Waals surface area contributed by atoms with E-state index in [9.17, 15) is 4.79 Å². The number of rotatable bonds is 3. The highest BCUT2D eigenvalue weighted by Crippen LogP contribution is 2.42. The molecule has 1 aliphatic rings.